The molecule has 0 radical (unpaired) electrons. The van der Waals surface area contributed by atoms with Gasteiger partial charge < -0.3 is 5.11 Å². The molecule has 1 aliphatic heterocycles. The maximum atomic E-state index is 12.3. The molecule has 0 saturated heterocycles. The Morgan fingerprint density at radius 3 is 2.45 bits per heavy atom. The lowest BCUT2D eigenvalue weighted by atomic mass is 10.1. The topological polar surface area (TPSA) is 74.7 Å². The van der Waals surface area contributed by atoms with Crippen LogP contribution >= 0.6 is 0 Å². The zero-order valence-corrected chi connectivity index (χ0v) is 12.1. The van der Waals surface area contributed by atoms with Crippen molar-refractivity contribution >= 4 is 16.0 Å². The number of nitrogens with zero attached hydrogens (tertiary/aromatic N) is 1. The van der Waals surface area contributed by atoms with E-state index in [1.807, 2.05) is 13.0 Å². The number of sulfonamides is 1. The van der Waals surface area contributed by atoms with Crippen LogP contribution in [0, 0.1) is 0 Å². The van der Waals surface area contributed by atoms with Gasteiger partial charge in [0.25, 0.3) is 0 Å². The highest BCUT2D eigenvalue weighted by molar-refractivity contribution is 7.88. The number of benzene rings is 1. The van der Waals surface area contributed by atoms with Gasteiger partial charge in [-0.25, -0.2) is 13.2 Å². The molecule has 0 spiro atoms. The first-order valence-corrected chi connectivity index (χ1v) is 7.95. The fraction of sp³-hybridized carbons (Fsp3) is 0.357. The third-order valence-corrected chi connectivity index (χ3v) is 5.16. The van der Waals surface area contributed by atoms with Crippen LogP contribution in [0.4, 0.5) is 0 Å². The van der Waals surface area contributed by atoms with E-state index in [-0.39, 0.29) is 11.3 Å². The van der Waals surface area contributed by atoms with Gasteiger partial charge >= 0.3 is 5.97 Å². The first-order chi connectivity index (χ1) is 9.38. The second kappa shape index (κ2) is 5.76. The normalized spacial score (nSPS) is 16.8. The van der Waals surface area contributed by atoms with Crippen LogP contribution in [0.3, 0.4) is 0 Å². The molecule has 0 unspecified atom stereocenters. The number of carboxylic acid groups (broad SMARTS) is 1. The predicted molar refractivity (Wildman–Crippen MR) is 76.0 cm³/mol. The molecule has 0 fully saturated rings. The van der Waals surface area contributed by atoms with Crippen molar-refractivity contribution in [3.63, 3.8) is 0 Å². The summed E-state index contributed by atoms with van der Waals surface area (Å²) >= 11 is 0. The molecule has 1 aromatic carbocycles. The van der Waals surface area contributed by atoms with E-state index >= 15 is 0 Å². The van der Waals surface area contributed by atoms with Crippen LogP contribution in [0.25, 0.3) is 0 Å². The van der Waals surface area contributed by atoms with E-state index in [0.717, 1.165) is 6.42 Å². The summed E-state index contributed by atoms with van der Waals surface area (Å²) in [4.78, 5) is 10.7. The second-order valence-corrected chi connectivity index (χ2v) is 6.89. The van der Waals surface area contributed by atoms with E-state index in [1.54, 1.807) is 12.1 Å². The Kier molecular flexibility index (Phi) is 4.25. The molecule has 0 aliphatic carbocycles. The van der Waals surface area contributed by atoms with Gasteiger partial charge in [-0.1, -0.05) is 23.8 Å². The molecule has 1 aliphatic rings. The Bertz CT molecular complexity index is 632. The minimum absolute atomic E-state index is 0.0974. The SMILES string of the molecule is CC1=CCN(S(=O)(=O)Cc2ccc(C(=O)O)cc2)CC1. The highest BCUT2D eigenvalue weighted by Gasteiger charge is 2.23. The van der Waals surface area contributed by atoms with Crippen molar-refractivity contribution in [3.8, 4) is 0 Å². The summed E-state index contributed by atoms with van der Waals surface area (Å²) in [6.07, 6.45) is 2.69. The molecular weight excluding hydrogens is 278 g/mol. The summed E-state index contributed by atoms with van der Waals surface area (Å²) in [5.41, 5.74) is 1.96. The van der Waals surface area contributed by atoms with Gasteiger partial charge in [-0.15, -0.1) is 0 Å². The molecule has 5 nitrogen and oxygen atoms in total. The van der Waals surface area contributed by atoms with Gasteiger partial charge in [-0.2, -0.15) is 4.31 Å². The molecule has 0 saturated carbocycles. The molecule has 0 bridgehead atoms. The van der Waals surface area contributed by atoms with Crippen LogP contribution in [-0.2, 0) is 15.8 Å². The van der Waals surface area contributed by atoms with Gasteiger partial charge in [-0.05, 0) is 31.0 Å². The van der Waals surface area contributed by atoms with Crippen molar-refractivity contribution in [1.29, 1.82) is 0 Å². The van der Waals surface area contributed by atoms with Crippen molar-refractivity contribution in [2.75, 3.05) is 13.1 Å². The molecule has 1 N–H and O–H groups in total. The molecule has 20 heavy (non-hydrogen) atoms. The summed E-state index contributed by atoms with van der Waals surface area (Å²) in [5.74, 6) is -1.11. The van der Waals surface area contributed by atoms with Crippen molar-refractivity contribution in [2.45, 2.75) is 19.1 Å². The standard InChI is InChI=1S/C14H17NO4S/c1-11-6-8-15(9-7-11)20(18,19)10-12-2-4-13(5-3-12)14(16)17/h2-6H,7-10H2,1H3,(H,16,17). The van der Waals surface area contributed by atoms with Gasteiger partial charge in [0.2, 0.25) is 10.0 Å². The fourth-order valence-corrected chi connectivity index (χ4v) is 3.52. The zero-order valence-electron chi connectivity index (χ0n) is 11.2. The minimum atomic E-state index is -3.35. The molecule has 1 heterocycles. The van der Waals surface area contributed by atoms with E-state index in [4.69, 9.17) is 5.11 Å². The lowest BCUT2D eigenvalue weighted by molar-refractivity contribution is 0.0697. The monoisotopic (exact) mass is 295 g/mol. The van der Waals surface area contributed by atoms with Gasteiger partial charge in [0.15, 0.2) is 0 Å². The van der Waals surface area contributed by atoms with Crippen LogP contribution in [0.2, 0.25) is 0 Å². The molecule has 0 amide bonds. The van der Waals surface area contributed by atoms with Gasteiger partial charge in [0, 0.05) is 13.1 Å². The van der Waals surface area contributed by atoms with Crippen LogP contribution < -0.4 is 0 Å². The average Bonchev–Trinajstić information content (AvgIpc) is 2.39. The second-order valence-electron chi connectivity index (χ2n) is 4.92. The fourth-order valence-electron chi connectivity index (χ4n) is 2.05. The Labute approximate surface area is 118 Å². The Morgan fingerprint density at radius 2 is 1.95 bits per heavy atom. The Hall–Kier alpha value is -1.66. The number of aromatic carboxylic acids is 1. The summed E-state index contributed by atoms with van der Waals surface area (Å²) < 4.78 is 26.0. The first-order valence-electron chi connectivity index (χ1n) is 6.34. The summed E-state index contributed by atoms with van der Waals surface area (Å²) in [5, 5.41) is 8.80. The Balaban J connectivity index is 2.10. The van der Waals surface area contributed by atoms with E-state index in [9.17, 15) is 13.2 Å². The van der Waals surface area contributed by atoms with E-state index in [1.165, 1.54) is 22.0 Å². The molecular formula is C14H17NO4S. The number of carbonyl (C=O) groups is 1. The number of hydrogen-bond donors (Lipinski definition) is 1. The summed E-state index contributed by atoms with van der Waals surface area (Å²) in [6.45, 7) is 2.92. The van der Waals surface area contributed by atoms with E-state index < -0.39 is 16.0 Å². The molecule has 6 heteroatoms. The van der Waals surface area contributed by atoms with Gasteiger partial charge in [-0.3, -0.25) is 0 Å². The lowest BCUT2D eigenvalue weighted by Crippen LogP contribution is -2.35. The molecule has 2 rings (SSSR count). The van der Waals surface area contributed by atoms with Crippen LogP contribution in [0.5, 0.6) is 0 Å². The third kappa shape index (κ3) is 3.46. The maximum Gasteiger partial charge on any atom is 0.335 e. The molecule has 0 aromatic heterocycles. The van der Waals surface area contributed by atoms with Crippen LogP contribution in [0.15, 0.2) is 35.9 Å². The lowest BCUT2D eigenvalue weighted by Gasteiger charge is -2.24. The van der Waals surface area contributed by atoms with E-state index in [0.29, 0.717) is 18.7 Å². The smallest absolute Gasteiger partial charge is 0.335 e. The highest BCUT2D eigenvalue weighted by Crippen LogP contribution is 2.17. The van der Waals surface area contributed by atoms with E-state index in [2.05, 4.69) is 0 Å². The molecule has 108 valence electrons. The zero-order chi connectivity index (χ0) is 14.8. The predicted octanol–water partition coefficient (Wildman–Crippen LogP) is 1.87. The van der Waals surface area contributed by atoms with Crippen LogP contribution in [0.1, 0.15) is 29.3 Å². The first kappa shape index (κ1) is 14.7. The van der Waals surface area contributed by atoms with Gasteiger partial charge in [0.1, 0.15) is 0 Å². The number of carboxylic acids is 1. The van der Waals surface area contributed by atoms with Crippen molar-refractivity contribution in [2.24, 2.45) is 0 Å². The summed E-state index contributed by atoms with van der Waals surface area (Å²) in [7, 11) is -3.35. The molecule has 0 atom stereocenters. The number of rotatable bonds is 4. The third-order valence-electron chi connectivity index (χ3n) is 3.34. The quantitative estimate of drug-likeness (QED) is 0.860. The number of hydrogen-bond acceptors (Lipinski definition) is 3. The maximum absolute atomic E-state index is 12.3. The highest BCUT2D eigenvalue weighted by atomic mass is 32.2. The van der Waals surface area contributed by atoms with Crippen LogP contribution in [-0.4, -0.2) is 36.9 Å². The van der Waals surface area contributed by atoms with Gasteiger partial charge in [0.05, 0.1) is 11.3 Å². The molecule has 1 aromatic rings. The Morgan fingerprint density at radius 1 is 1.30 bits per heavy atom. The van der Waals surface area contributed by atoms with Crippen molar-refractivity contribution in [3.05, 3.63) is 47.0 Å². The summed E-state index contributed by atoms with van der Waals surface area (Å²) in [6, 6.07) is 5.94. The van der Waals surface area contributed by atoms with Crippen molar-refractivity contribution in [1.82, 2.24) is 4.31 Å². The van der Waals surface area contributed by atoms with Crippen molar-refractivity contribution < 1.29 is 18.3 Å². The average molecular weight is 295 g/mol. The largest absolute Gasteiger partial charge is 0.478 e. The minimum Gasteiger partial charge on any atom is -0.478 e.